The molecule has 8 heteroatoms. The van der Waals surface area contributed by atoms with Crippen molar-refractivity contribution in [2.24, 2.45) is 0 Å². The predicted octanol–water partition coefficient (Wildman–Crippen LogP) is 0.112. The minimum Gasteiger partial charge on any atom is -0.466 e. The molecular weight excluding hydrogens is 312 g/mol. The molecule has 0 amide bonds. The van der Waals surface area contributed by atoms with Crippen LogP contribution in [0.15, 0.2) is 12.2 Å². The van der Waals surface area contributed by atoms with E-state index in [1.165, 1.54) is 6.92 Å². The number of carbonyl (C=O) groups excluding carboxylic acids is 4. The standard InChI is InChI=1S/C10H11BrO7/c1-6(10(15)18-9(14)5-11)17-8(13)4-3-7(12)16-2/h3-4,6H,5H2,1-2H3/b4-3-. The van der Waals surface area contributed by atoms with Crippen molar-refractivity contribution < 1.29 is 33.4 Å². The first-order valence-corrected chi connectivity index (χ1v) is 5.80. The van der Waals surface area contributed by atoms with Crippen LogP contribution in [0, 0.1) is 0 Å². The van der Waals surface area contributed by atoms with E-state index in [9.17, 15) is 19.2 Å². The highest BCUT2D eigenvalue weighted by molar-refractivity contribution is 9.09. The first kappa shape index (κ1) is 16.3. The van der Waals surface area contributed by atoms with E-state index in [1.807, 2.05) is 0 Å². The zero-order chi connectivity index (χ0) is 14.1. The lowest BCUT2D eigenvalue weighted by molar-refractivity contribution is -0.170. The number of rotatable bonds is 5. The maximum Gasteiger partial charge on any atom is 0.354 e. The van der Waals surface area contributed by atoms with E-state index in [2.05, 4.69) is 30.1 Å². The third-order valence-electron chi connectivity index (χ3n) is 1.51. The van der Waals surface area contributed by atoms with E-state index in [4.69, 9.17) is 0 Å². The Labute approximate surface area is 111 Å². The largest absolute Gasteiger partial charge is 0.466 e. The van der Waals surface area contributed by atoms with Crippen LogP contribution in [0.5, 0.6) is 0 Å². The molecule has 0 saturated heterocycles. The Balaban J connectivity index is 4.22. The summed E-state index contributed by atoms with van der Waals surface area (Å²) in [7, 11) is 1.14. The van der Waals surface area contributed by atoms with Gasteiger partial charge in [-0.15, -0.1) is 0 Å². The summed E-state index contributed by atoms with van der Waals surface area (Å²) in [6.45, 7) is 1.23. The molecule has 0 aromatic carbocycles. The lowest BCUT2D eigenvalue weighted by Gasteiger charge is -2.09. The summed E-state index contributed by atoms with van der Waals surface area (Å²) in [5.41, 5.74) is 0. The number of methoxy groups -OCH3 is 1. The van der Waals surface area contributed by atoms with Crippen molar-refractivity contribution in [2.45, 2.75) is 13.0 Å². The molecule has 0 aliphatic carbocycles. The summed E-state index contributed by atoms with van der Waals surface area (Å²) in [5, 5.41) is -0.151. The van der Waals surface area contributed by atoms with Gasteiger partial charge in [-0.25, -0.2) is 14.4 Å². The molecule has 1 unspecified atom stereocenters. The van der Waals surface area contributed by atoms with Gasteiger partial charge in [-0.2, -0.15) is 0 Å². The zero-order valence-electron chi connectivity index (χ0n) is 9.67. The number of esters is 4. The third-order valence-corrected chi connectivity index (χ3v) is 1.96. The van der Waals surface area contributed by atoms with E-state index < -0.39 is 30.0 Å². The zero-order valence-corrected chi connectivity index (χ0v) is 11.3. The van der Waals surface area contributed by atoms with Crippen molar-refractivity contribution in [1.82, 2.24) is 0 Å². The van der Waals surface area contributed by atoms with Gasteiger partial charge >= 0.3 is 23.9 Å². The molecule has 0 radical (unpaired) electrons. The van der Waals surface area contributed by atoms with Gasteiger partial charge in [-0.05, 0) is 6.92 Å². The second-order valence-corrected chi connectivity index (χ2v) is 3.42. The summed E-state index contributed by atoms with van der Waals surface area (Å²) in [5.74, 6) is -3.47. The van der Waals surface area contributed by atoms with Crippen LogP contribution in [0.25, 0.3) is 0 Å². The lowest BCUT2D eigenvalue weighted by atomic mass is 10.4. The fourth-order valence-electron chi connectivity index (χ4n) is 0.688. The Bertz CT molecular complexity index is 374. The molecule has 18 heavy (non-hydrogen) atoms. The number of alkyl halides is 1. The van der Waals surface area contributed by atoms with E-state index in [0.29, 0.717) is 0 Å². The normalized spacial score (nSPS) is 11.7. The third kappa shape index (κ3) is 6.79. The average molecular weight is 323 g/mol. The first-order chi connectivity index (χ1) is 8.40. The van der Waals surface area contributed by atoms with Crippen LogP contribution in [0.2, 0.25) is 0 Å². The Morgan fingerprint density at radius 1 is 1.17 bits per heavy atom. The second kappa shape index (κ2) is 8.40. The molecule has 100 valence electrons. The summed E-state index contributed by atoms with van der Waals surface area (Å²) < 4.78 is 13.1. The summed E-state index contributed by atoms with van der Waals surface area (Å²) in [6, 6.07) is 0. The summed E-state index contributed by atoms with van der Waals surface area (Å²) >= 11 is 2.79. The van der Waals surface area contributed by atoms with E-state index in [1.54, 1.807) is 0 Å². The average Bonchev–Trinajstić information content (AvgIpc) is 2.35. The van der Waals surface area contributed by atoms with Gasteiger partial charge in [0.05, 0.1) is 7.11 Å². The molecule has 7 nitrogen and oxygen atoms in total. The van der Waals surface area contributed by atoms with E-state index in [0.717, 1.165) is 19.3 Å². The van der Waals surface area contributed by atoms with Crippen LogP contribution in [-0.4, -0.2) is 42.4 Å². The highest BCUT2D eigenvalue weighted by atomic mass is 79.9. The minimum atomic E-state index is -1.26. The van der Waals surface area contributed by atoms with Crippen molar-refractivity contribution in [2.75, 3.05) is 12.4 Å². The number of hydrogen-bond acceptors (Lipinski definition) is 7. The SMILES string of the molecule is COC(=O)/C=C\C(=O)OC(C)C(=O)OC(=O)CBr. The van der Waals surface area contributed by atoms with Gasteiger partial charge in [0.15, 0.2) is 6.10 Å². The van der Waals surface area contributed by atoms with E-state index >= 15 is 0 Å². The fourth-order valence-corrected chi connectivity index (χ4v) is 0.803. The smallest absolute Gasteiger partial charge is 0.354 e. The molecular formula is C10H11BrO7. The van der Waals surface area contributed by atoms with Gasteiger partial charge in [-0.1, -0.05) is 15.9 Å². The molecule has 0 bridgehead atoms. The number of halogens is 1. The summed E-state index contributed by atoms with van der Waals surface area (Å²) in [6.07, 6.45) is 0.370. The van der Waals surface area contributed by atoms with Gasteiger partial charge in [0.25, 0.3) is 0 Å². The van der Waals surface area contributed by atoms with Crippen LogP contribution in [0.3, 0.4) is 0 Å². The van der Waals surface area contributed by atoms with Gasteiger partial charge in [0.2, 0.25) is 0 Å². The fraction of sp³-hybridized carbons (Fsp3) is 0.400. The molecule has 0 N–H and O–H groups in total. The molecule has 0 spiro atoms. The van der Waals surface area contributed by atoms with Crippen molar-refractivity contribution in [3.05, 3.63) is 12.2 Å². The Morgan fingerprint density at radius 3 is 2.22 bits per heavy atom. The molecule has 0 aliphatic heterocycles. The van der Waals surface area contributed by atoms with Crippen LogP contribution in [-0.2, 0) is 33.4 Å². The topological polar surface area (TPSA) is 96.0 Å². The molecule has 1 atom stereocenters. The van der Waals surface area contributed by atoms with Gasteiger partial charge < -0.3 is 14.2 Å². The number of hydrogen-bond donors (Lipinski definition) is 0. The van der Waals surface area contributed by atoms with Gasteiger partial charge in [-0.3, -0.25) is 4.79 Å². The van der Waals surface area contributed by atoms with Crippen LogP contribution in [0.4, 0.5) is 0 Å². The van der Waals surface area contributed by atoms with Gasteiger partial charge in [0.1, 0.15) is 5.33 Å². The molecule has 0 aromatic heterocycles. The maximum absolute atomic E-state index is 11.2. The Kier molecular flexibility index (Phi) is 7.61. The summed E-state index contributed by atoms with van der Waals surface area (Å²) in [4.78, 5) is 43.7. The Morgan fingerprint density at radius 2 is 1.72 bits per heavy atom. The molecule has 0 fully saturated rings. The molecule has 0 rings (SSSR count). The predicted molar refractivity (Wildman–Crippen MR) is 61.6 cm³/mol. The molecule has 0 aliphatic rings. The van der Waals surface area contributed by atoms with Crippen LogP contribution >= 0.6 is 15.9 Å². The number of carbonyl (C=O) groups is 4. The van der Waals surface area contributed by atoms with Crippen molar-refractivity contribution in [3.63, 3.8) is 0 Å². The van der Waals surface area contributed by atoms with Gasteiger partial charge in [0, 0.05) is 12.2 Å². The highest BCUT2D eigenvalue weighted by Crippen LogP contribution is 1.98. The molecule has 0 saturated carbocycles. The van der Waals surface area contributed by atoms with Crippen LogP contribution < -0.4 is 0 Å². The van der Waals surface area contributed by atoms with Crippen molar-refractivity contribution in [1.29, 1.82) is 0 Å². The van der Waals surface area contributed by atoms with Crippen molar-refractivity contribution in [3.8, 4) is 0 Å². The van der Waals surface area contributed by atoms with Crippen molar-refractivity contribution >= 4 is 39.8 Å². The lowest BCUT2D eigenvalue weighted by Crippen LogP contribution is -2.28. The minimum absolute atomic E-state index is 0.151. The Hall–Kier alpha value is -1.70. The second-order valence-electron chi connectivity index (χ2n) is 2.86. The molecule has 0 aromatic rings. The highest BCUT2D eigenvalue weighted by Gasteiger charge is 2.20. The first-order valence-electron chi connectivity index (χ1n) is 4.67. The maximum atomic E-state index is 11.2. The van der Waals surface area contributed by atoms with E-state index in [-0.39, 0.29) is 5.33 Å². The quantitative estimate of drug-likeness (QED) is 0.233. The number of ether oxygens (including phenoxy) is 3. The monoisotopic (exact) mass is 322 g/mol. The van der Waals surface area contributed by atoms with Crippen LogP contribution in [0.1, 0.15) is 6.92 Å². The molecule has 0 heterocycles.